The van der Waals surface area contributed by atoms with Gasteiger partial charge in [0.25, 0.3) is 0 Å². The number of carbonyl (C=O) groups is 1. The lowest BCUT2D eigenvalue weighted by Gasteiger charge is -2.20. The first kappa shape index (κ1) is 10.6. The molecule has 2 unspecified atom stereocenters. The van der Waals surface area contributed by atoms with Crippen molar-refractivity contribution in [1.82, 2.24) is 0 Å². The van der Waals surface area contributed by atoms with Gasteiger partial charge in [0.05, 0.1) is 0 Å². The highest BCUT2D eigenvalue weighted by Gasteiger charge is 2.16. The smallest absolute Gasteiger partial charge is 0.328 e. The van der Waals surface area contributed by atoms with Crippen molar-refractivity contribution in [3.63, 3.8) is 0 Å². The van der Waals surface area contributed by atoms with Crippen LogP contribution in [-0.4, -0.2) is 19.1 Å². The molecule has 2 N–H and O–H groups in total. The largest absolute Gasteiger partial charge is 0.746 e. The lowest BCUT2D eigenvalue weighted by atomic mass is 10.4. The number of phosphoric acid groups is 1. The molecule has 0 aliphatic heterocycles. The van der Waals surface area contributed by atoms with Crippen LogP contribution in [0.1, 0.15) is 6.92 Å². The van der Waals surface area contributed by atoms with Crippen LogP contribution in [0.2, 0.25) is 0 Å². The van der Waals surface area contributed by atoms with Crippen molar-refractivity contribution < 1.29 is 23.3 Å². The van der Waals surface area contributed by atoms with Crippen LogP contribution in [-0.2, 0) is 18.4 Å². The molecule has 0 saturated heterocycles. The average Bonchev–Trinajstić information content (AvgIpc) is 1.87. The van der Waals surface area contributed by atoms with Crippen LogP contribution in [0.5, 0.6) is 0 Å². The second-order valence-corrected chi connectivity index (χ2v) is 3.27. The van der Waals surface area contributed by atoms with Crippen molar-refractivity contribution in [2.75, 3.05) is 7.11 Å². The van der Waals surface area contributed by atoms with Gasteiger partial charge in [0.1, 0.15) is 6.04 Å². The van der Waals surface area contributed by atoms with Gasteiger partial charge >= 0.3 is 13.8 Å². The Morgan fingerprint density at radius 3 is 2.45 bits per heavy atom. The third-order valence-corrected chi connectivity index (χ3v) is 1.65. The quantitative estimate of drug-likeness (QED) is 0.561. The molecule has 0 fully saturated rings. The Morgan fingerprint density at radius 1 is 1.73 bits per heavy atom. The minimum absolute atomic E-state index is 0.891. The van der Waals surface area contributed by atoms with Gasteiger partial charge in [0, 0.05) is 7.11 Å². The van der Waals surface area contributed by atoms with Gasteiger partial charge in [0.15, 0.2) is 0 Å². The summed E-state index contributed by atoms with van der Waals surface area (Å²) >= 11 is 0. The van der Waals surface area contributed by atoms with E-state index in [4.69, 9.17) is 5.73 Å². The maximum atomic E-state index is 10.5. The van der Waals surface area contributed by atoms with Crippen LogP contribution in [0.25, 0.3) is 0 Å². The van der Waals surface area contributed by atoms with Crippen LogP contribution < -0.4 is 10.6 Å². The second-order valence-electron chi connectivity index (χ2n) is 1.83. The van der Waals surface area contributed by atoms with Crippen LogP contribution in [0.15, 0.2) is 0 Å². The van der Waals surface area contributed by atoms with E-state index in [2.05, 4.69) is 9.05 Å². The number of hydrogen-bond acceptors (Lipinski definition) is 6. The fourth-order valence-corrected chi connectivity index (χ4v) is 0.692. The fraction of sp³-hybridized carbons (Fsp3) is 0.750. The fourth-order valence-electron chi connectivity index (χ4n) is 0.231. The summed E-state index contributed by atoms with van der Waals surface area (Å²) in [6.07, 6.45) is 0. The summed E-state index contributed by atoms with van der Waals surface area (Å²) in [5, 5.41) is 0. The number of hydrogen-bond donors (Lipinski definition) is 1. The van der Waals surface area contributed by atoms with E-state index in [0.29, 0.717) is 0 Å². The highest BCUT2D eigenvalue weighted by molar-refractivity contribution is 7.46. The Labute approximate surface area is 63.9 Å². The normalized spacial score (nSPS) is 18.5. The van der Waals surface area contributed by atoms with Crippen molar-refractivity contribution in [3.8, 4) is 0 Å². The van der Waals surface area contributed by atoms with Gasteiger partial charge in [-0.15, -0.1) is 0 Å². The third kappa shape index (κ3) is 4.10. The SMILES string of the molecule is COP(=O)([O-])OC(=O)C(C)N. The maximum Gasteiger partial charge on any atom is 0.328 e. The molecule has 0 amide bonds. The van der Waals surface area contributed by atoms with Gasteiger partial charge in [-0.25, -0.2) is 0 Å². The lowest BCUT2D eigenvalue weighted by molar-refractivity contribution is -0.222. The van der Waals surface area contributed by atoms with E-state index in [0.717, 1.165) is 7.11 Å². The predicted octanol–water partition coefficient (Wildman–Crippen LogP) is -1.01. The first-order valence-corrected chi connectivity index (χ1v) is 4.21. The molecule has 0 radical (unpaired) electrons. The monoisotopic (exact) mass is 182 g/mol. The Bertz CT molecular complexity index is 191. The summed E-state index contributed by atoms with van der Waals surface area (Å²) in [5.41, 5.74) is 5.01. The van der Waals surface area contributed by atoms with Gasteiger partial charge in [0.2, 0.25) is 0 Å². The molecule has 66 valence electrons. The highest BCUT2D eigenvalue weighted by Crippen LogP contribution is 2.36. The first-order valence-electron chi connectivity index (χ1n) is 2.75. The summed E-state index contributed by atoms with van der Waals surface area (Å²) in [7, 11) is -3.57. The zero-order chi connectivity index (χ0) is 9.07. The molecule has 0 rings (SSSR count). The predicted molar refractivity (Wildman–Crippen MR) is 34.4 cm³/mol. The van der Waals surface area contributed by atoms with Crippen LogP contribution in [0, 0.1) is 0 Å². The molecule has 0 bridgehead atoms. The molecule has 0 heterocycles. The van der Waals surface area contributed by atoms with Gasteiger partial charge in [-0.1, -0.05) is 0 Å². The zero-order valence-electron chi connectivity index (χ0n) is 6.14. The van der Waals surface area contributed by atoms with E-state index in [1.54, 1.807) is 0 Å². The number of nitrogens with two attached hydrogens (primary N) is 1. The molecule has 6 nitrogen and oxygen atoms in total. The molecule has 0 aromatic heterocycles. The van der Waals surface area contributed by atoms with Gasteiger partial charge < -0.3 is 19.7 Å². The van der Waals surface area contributed by atoms with E-state index in [1.165, 1.54) is 6.92 Å². The molecule has 0 aliphatic carbocycles. The minimum Gasteiger partial charge on any atom is -0.746 e. The first-order chi connectivity index (χ1) is 4.89. The van der Waals surface area contributed by atoms with E-state index < -0.39 is 19.8 Å². The van der Waals surface area contributed by atoms with Gasteiger partial charge in [-0.3, -0.25) is 9.36 Å². The van der Waals surface area contributed by atoms with Crippen LogP contribution in [0.4, 0.5) is 0 Å². The topological polar surface area (TPSA) is 102 Å². The zero-order valence-corrected chi connectivity index (χ0v) is 7.04. The Hall–Kier alpha value is -0.420. The summed E-state index contributed by atoms with van der Waals surface area (Å²) < 4.78 is 18.1. The van der Waals surface area contributed by atoms with E-state index in [9.17, 15) is 14.3 Å². The summed E-state index contributed by atoms with van der Waals surface area (Å²) in [5.74, 6) is -1.04. The van der Waals surface area contributed by atoms with Crippen molar-refractivity contribution in [2.24, 2.45) is 5.73 Å². The second kappa shape index (κ2) is 3.82. The molecule has 11 heavy (non-hydrogen) atoms. The van der Waals surface area contributed by atoms with E-state index >= 15 is 0 Å². The average molecular weight is 182 g/mol. The summed E-state index contributed by atoms with van der Waals surface area (Å²) in [6.45, 7) is 1.30. The summed E-state index contributed by atoms with van der Waals surface area (Å²) in [4.78, 5) is 20.9. The highest BCUT2D eigenvalue weighted by atomic mass is 31.2. The molecular formula is C4H9NO5P-. The molecular weight excluding hydrogens is 173 g/mol. The molecule has 0 saturated carbocycles. The Balaban J connectivity index is 4.05. The van der Waals surface area contributed by atoms with Crippen molar-refractivity contribution >= 4 is 13.8 Å². The molecule has 0 aromatic carbocycles. The third-order valence-electron chi connectivity index (χ3n) is 0.797. The number of carbonyl (C=O) groups excluding carboxylic acids is 1. The van der Waals surface area contributed by atoms with Crippen molar-refractivity contribution in [2.45, 2.75) is 13.0 Å². The number of phosphoric ester groups is 1. The molecule has 7 heteroatoms. The number of rotatable bonds is 3. The van der Waals surface area contributed by atoms with Crippen LogP contribution >= 0.6 is 7.82 Å². The maximum absolute atomic E-state index is 10.5. The Kier molecular flexibility index (Phi) is 3.68. The van der Waals surface area contributed by atoms with Crippen LogP contribution in [0.3, 0.4) is 0 Å². The van der Waals surface area contributed by atoms with Gasteiger partial charge in [-0.2, -0.15) is 0 Å². The van der Waals surface area contributed by atoms with E-state index in [1.807, 2.05) is 0 Å². The standard InChI is InChI=1S/C4H10NO5P/c1-3(5)4(6)10-11(7,8)9-2/h3H,5H2,1-2H3,(H,7,8)/p-1. The lowest BCUT2D eigenvalue weighted by Crippen LogP contribution is -2.29. The summed E-state index contributed by atoms with van der Waals surface area (Å²) in [6, 6.07) is -0.979. The van der Waals surface area contributed by atoms with Crippen molar-refractivity contribution in [1.29, 1.82) is 0 Å². The molecule has 0 spiro atoms. The molecule has 0 aromatic rings. The molecule has 0 aliphatic rings. The van der Waals surface area contributed by atoms with E-state index in [-0.39, 0.29) is 0 Å². The van der Waals surface area contributed by atoms with Crippen molar-refractivity contribution in [3.05, 3.63) is 0 Å². The Morgan fingerprint density at radius 2 is 2.18 bits per heavy atom. The minimum atomic E-state index is -4.46. The van der Waals surface area contributed by atoms with Gasteiger partial charge in [-0.05, 0) is 6.92 Å². The molecule has 2 atom stereocenters.